The molecule has 4 aromatic rings. The number of rotatable bonds is 6. The van der Waals surface area contributed by atoms with Crippen molar-refractivity contribution >= 4 is 23.0 Å². The predicted octanol–water partition coefficient (Wildman–Crippen LogP) is 7.99. The van der Waals surface area contributed by atoms with E-state index in [0.29, 0.717) is 24.3 Å². The average Bonchev–Trinajstić information content (AvgIpc) is 3.46. The molecule has 2 aromatic carbocycles. The molecule has 262 valence electrons. The summed E-state index contributed by atoms with van der Waals surface area (Å²) < 4.78 is 5.63. The van der Waals surface area contributed by atoms with Crippen molar-refractivity contribution in [3.8, 4) is 23.1 Å². The molecule has 9 nitrogen and oxygen atoms in total. The third-order valence-electron chi connectivity index (χ3n) is 11.2. The van der Waals surface area contributed by atoms with Gasteiger partial charge in [0.1, 0.15) is 17.2 Å². The number of likely N-dealkylation sites (tertiary alicyclic amines) is 2. The van der Waals surface area contributed by atoms with Crippen LogP contribution in [0.25, 0.3) is 22.3 Å². The molecule has 7 rings (SSSR count). The van der Waals surface area contributed by atoms with Crippen molar-refractivity contribution in [2.45, 2.75) is 104 Å². The monoisotopic (exact) mass is 674 g/mol. The molecule has 2 amide bonds. The maximum absolute atomic E-state index is 13.5. The lowest BCUT2D eigenvalue weighted by Crippen LogP contribution is -2.45. The zero-order valence-corrected chi connectivity index (χ0v) is 30.5. The number of piperidine rings is 1. The fourth-order valence-corrected chi connectivity index (χ4v) is 7.83. The van der Waals surface area contributed by atoms with Gasteiger partial charge in [-0.3, -0.25) is 9.69 Å². The number of H-pyrrole nitrogens is 2. The van der Waals surface area contributed by atoms with Gasteiger partial charge in [0.2, 0.25) is 5.91 Å². The fourth-order valence-electron chi connectivity index (χ4n) is 7.83. The molecule has 4 heterocycles. The molecule has 2 aromatic heterocycles. The summed E-state index contributed by atoms with van der Waals surface area (Å²) in [5, 5.41) is 0. The van der Waals surface area contributed by atoms with Gasteiger partial charge in [0.25, 0.3) is 0 Å². The second kappa shape index (κ2) is 12.9. The van der Waals surface area contributed by atoms with E-state index in [2.05, 4.69) is 65.5 Å². The Kier molecular flexibility index (Phi) is 8.78. The van der Waals surface area contributed by atoms with Crippen LogP contribution in [0.1, 0.15) is 109 Å². The van der Waals surface area contributed by atoms with Gasteiger partial charge in [0.15, 0.2) is 0 Å². The summed E-state index contributed by atoms with van der Waals surface area (Å²) in [4.78, 5) is 47.0. The summed E-state index contributed by atoms with van der Waals surface area (Å²) in [5.41, 5.74) is 5.06. The van der Waals surface area contributed by atoms with Crippen LogP contribution in [0.15, 0.2) is 48.7 Å². The van der Waals surface area contributed by atoms with Crippen molar-refractivity contribution in [3.63, 3.8) is 0 Å². The van der Waals surface area contributed by atoms with Gasteiger partial charge >= 0.3 is 6.09 Å². The second-order valence-electron chi connectivity index (χ2n) is 16.1. The van der Waals surface area contributed by atoms with Gasteiger partial charge in [-0.1, -0.05) is 51.7 Å². The zero-order chi connectivity index (χ0) is 35.4. The molecule has 2 aliphatic heterocycles. The van der Waals surface area contributed by atoms with Crippen molar-refractivity contribution in [1.29, 1.82) is 0 Å². The number of amides is 2. The minimum absolute atomic E-state index is 0.0260. The average molecular weight is 675 g/mol. The van der Waals surface area contributed by atoms with E-state index < -0.39 is 5.60 Å². The second-order valence-corrected chi connectivity index (χ2v) is 16.1. The van der Waals surface area contributed by atoms with Crippen molar-refractivity contribution < 1.29 is 14.3 Å². The number of imidazole rings is 2. The van der Waals surface area contributed by atoms with E-state index in [9.17, 15) is 9.59 Å². The summed E-state index contributed by atoms with van der Waals surface area (Å²) in [6.07, 6.45) is 6.35. The van der Waals surface area contributed by atoms with Gasteiger partial charge in [-0.2, -0.15) is 0 Å². The molecule has 0 spiro atoms. The normalized spacial score (nSPS) is 23.0. The van der Waals surface area contributed by atoms with Gasteiger partial charge in [-0.05, 0) is 101 Å². The highest BCUT2D eigenvalue weighted by Gasteiger charge is 2.63. The number of hydrogen-bond acceptors (Lipinski definition) is 5. The number of nitrogens with zero attached hydrogens (tertiary/aromatic N) is 4. The first-order valence-corrected chi connectivity index (χ1v) is 18.3. The van der Waals surface area contributed by atoms with E-state index in [-0.39, 0.29) is 29.5 Å². The third kappa shape index (κ3) is 6.53. The maximum atomic E-state index is 13.5. The van der Waals surface area contributed by atoms with E-state index in [4.69, 9.17) is 9.72 Å². The SMILES string of the molecule is CC(C)C(C)C(C)C(=O)N1CCCC2(c3nc4ccc(C#Cc5ccc(-c6cnc(C7CCCN7C(=O)OC(C)(C)C)[nH]6)cc5)cc4[nH]3)CC12. The van der Waals surface area contributed by atoms with Crippen LogP contribution < -0.4 is 0 Å². The Hall–Kier alpha value is -4.58. The van der Waals surface area contributed by atoms with Gasteiger partial charge in [-0.15, -0.1) is 0 Å². The summed E-state index contributed by atoms with van der Waals surface area (Å²) in [7, 11) is 0. The minimum atomic E-state index is -0.537. The quantitative estimate of drug-likeness (QED) is 0.202. The molecule has 9 heteroatoms. The van der Waals surface area contributed by atoms with E-state index in [1.165, 1.54) is 0 Å². The summed E-state index contributed by atoms with van der Waals surface area (Å²) in [5.74, 6) is 9.58. The van der Waals surface area contributed by atoms with Crippen LogP contribution in [0.3, 0.4) is 0 Å². The van der Waals surface area contributed by atoms with Crippen LogP contribution in [0.5, 0.6) is 0 Å². The van der Waals surface area contributed by atoms with E-state index in [0.717, 1.165) is 83.7 Å². The van der Waals surface area contributed by atoms with Crippen LogP contribution in [-0.2, 0) is 14.9 Å². The van der Waals surface area contributed by atoms with Gasteiger partial charge in [-0.25, -0.2) is 14.8 Å². The Morgan fingerprint density at radius 2 is 1.68 bits per heavy atom. The van der Waals surface area contributed by atoms with Crippen LogP contribution in [0.4, 0.5) is 4.79 Å². The van der Waals surface area contributed by atoms with Crippen LogP contribution in [0, 0.1) is 29.6 Å². The van der Waals surface area contributed by atoms with E-state index in [1.807, 2.05) is 63.4 Å². The molecule has 2 N–H and O–H groups in total. The molecular formula is C41H50N6O3. The molecular weight excluding hydrogens is 624 g/mol. The summed E-state index contributed by atoms with van der Waals surface area (Å²) in [6.45, 7) is 15.9. The Balaban J connectivity index is 1.02. The topological polar surface area (TPSA) is 107 Å². The highest BCUT2D eigenvalue weighted by atomic mass is 16.6. The van der Waals surface area contributed by atoms with Gasteiger partial charge in [0, 0.05) is 36.2 Å². The van der Waals surface area contributed by atoms with Crippen LogP contribution >= 0.6 is 0 Å². The molecule has 3 aliphatic rings. The minimum Gasteiger partial charge on any atom is -0.444 e. The number of aromatic amines is 2. The van der Waals surface area contributed by atoms with Crippen LogP contribution in [-0.4, -0.2) is 66.5 Å². The number of aromatic nitrogens is 4. The number of ether oxygens (including phenoxy) is 1. The van der Waals surface area contributed by atoms with E-state index >= 15 is 0 Å². The van der Waals surface area contributed by atoms with Crippen molar-refractivity contribution in [1.82, 2.24) is 29.7 Å². The third-order valence-corrected chi connectivity index (χ3v) is 11.2. The number of nitrogens with one attached hydrogen (secondary N) is 2. The first kappa shape index (κ1) is 33.9. The molecule has 0 bridgehead atoms. The number of carbonyl (C=O) groups is 2. The Bertz CT molecular complexity index is 1960. The Labute approximate surface area is 295 Å². The molecule has 1 saturated carbocycles. The van der Waals surface area contributed by atoms with Crippen molar-refractivity contribution in [2.75, 3.05) is 13.1 Å². The van der Waals surface area contributed by atoms with E-state index in [1.54, 1.807) is 4.90 Å². The number of carbonyl (C=O) groups excluding carboxylic acids is 2. The fraction of sp³-hybridized carbons (Fsp3) is 0.512. The number of fused-ring (bicyclic) bond motifs is 2. The standard InChI is InChI=1S/C41H50N6O3/c1-25(2)26(3)27(4)37(48)47-21-9-19-41(23-35(41)47)38-44-31-18-15-29(22-32(31)45-38)12-11-28-13-16-30(17-14-28)33-24-42-36(43-33)34-10-8-20-46(34)39(49)50-40(5,6)7/h13-18,22,24-27,34-35H,8-10,19-21,23H2,1-7H3,(H,42,43)(H,44,45). The molecule has 5 unspecified atom stereocenters. The highest BCUT2D eigenvalue weighted by Crippen LogP contribution is 2.57. The number of hydrogen-bond donors (Lipinski definition) is 2. The molecule has 0 radical (unpaired) electrons. The summed E-state index contributed by atoms with van der Waals surface area (Å²) in [6, 6.07) is 14.4. The number of benzene rings is 2. The lowest BCUT2D eigenvalue weighted by molar-refractivity contribution is -0.138. The first-order valence-electron chi connectivity index (χ1n) is 18.3. The molecule has 5 atom stereocenters. The van der Waals surface area contributed by atoms with Crippen LogP contribution in [0.2, 0.25) is 0 Å². The van der Waals surface area contributed by atoms with Gasteiger partial charge < -0.3 is 19.6 Å². The molecule has 50 heavy (non-hydrogen) atoms. The van der Waals surface area contributed by atoms with Crippen molar-refractivity contribution in [3.05, 3.63) is 71.4 Å². The molecule has 3 fully saturated rings. The molecule has 2 saturated heterocycles. The smallest absolute Gasteiger partial charge is 0.410 e. The highest BCUT2D eigenvalue weighted by molar-refractivity contribution is 5.81. The Morgan fingerprint density at radius 1 is 0.960 bits per heavy atom. The lowest BCUT2D eigenvalue weighted by atomic mass is 9.84. The van der Waals surface area contributed by atoms with Gasteiger partial charge in [0.05, 0.1) is 34.4 Å². The summed E-state index contributed by atoms with van der Waals surface area (Å²) >= 11 is 0. The maximum Gasteiger partial charge on any atom is 0.410 e. The predicted molar refractivity (Wildman–Crippen MR) is 195 cm³/mol. The Morgan fingerprint density at radius 3 is 2.42 bits per heavy atom. The largest absolute Gasteiger partial charge is 0.444 e. The first-order chi connectivity index (χ1) is 23.8. The lowest BCUT2D eigenvalue weighted by Gasteiger charge is -2.35. The van der Waals surface area contributed by atoms with Crippen molar-refractivity contribution in [2.24, 2.45) is 17.8 Å². The molecule has 1 aliphatic carbocycles. The zero-order valence-electron chi connectivity index (χ0n) is 30.5.